The van der Waals surface area contributed by atoms with E-state index in [2.05, 4.69) is 49.9 Å². The van der Waals surface area contributed by atoms with Crippen molar-refractivity contribution in [3.63, 3.8) is 0 Å². The maximum Gasteiger partial charge on any atom is 0.225 e. The molecule has 2 N–H and O–H groups in total. The van der Waals surface area contributed by atoms with E-state index < -0.39 is 0 Å². The largest absolute Gasteiger partial charge is 0.493 e. The Morgan fingerprint density at radius 3 is 2.66 bits per heavy atom. The minimum atomic E-state index is 0.362. The summed E-state index contributed by atoms with van der Waals surface area (Å²) in [6.45, 7) is 6.83. The van der Waals surface area contributed by atoms with Gasteiger partial charge >= 0.3 is 0 Å². The van der Waals surface area contributed by atoms with Crippen LogP contribution in [0.25, 0.3) is 5.57 Å². The van der Waals surface area contributed by atoms with E-state index >= 15 is 0 Å². The quantitative estimate of drug-likeness (QED) is 0.787. The van der Waals surface area contributed by atoms with Gasteiger partial charge in [0.15, 0.2) is 0 Å². The van der Waals surface area contributed by atoms with Crippen LogP contribution in [-0.4, -0.2) is 60.9 Å². The van der Waals surface area contributed by atoms with Crippen molar-refractivity contribution < 1.29 is 4.74 Å². The molecule has 0 aliphatic carbocycles. The molecule has 2 aliphatic rings. The molecule has 1 saturated heterocycles. The molecule has 0 bridgehead atoms. The molecule has 0 saturated carbocycles. The maximum atomic E-state index is 5.74. The molecule has 0 amide bonds. The molecule has 7 nitrogen and oxygen atoms in total. The highest BCUT2D eigenvalue weighted by atomic mass is 16.5. The van der Waals surface area contributed by atoms with Gasteiger partial charge in [-0.05, 0) is 24.1 Å². The number of rotatable bonds is 5. The van der Waals surface area contributed by atoms with Crippen LogP contribution in [0.1, 0.15) is 29.7 Å². The van der Waals surface area contributed by atoms with E-state index in [1.807, 2.05) is 12.4 Å². The second-order valence-electron chi connectivity index (χ2n) is 7.45. The van der Waals surface area contributed by atoms with Crippen molar-refractivity contribution in [1.82, 2.24) is 14.9 Å². The lowest BCUT2D eigenvalue weighted by Crippen LogP contribution is -2.47. The molecule has 1 unspecified atom stereocenters. The number of hydrogen-bond donors (Lipinski definition) is 1. The zero-order valence-corrected chi connectivity index (χ0v) is 17.1. The lowest BCUT2D eigenvalue weighted by atomic mass is 10.0. The van der Waals surface area contributed by atoms with E-state index in [-0.39, 0.29) is 0 Å². The smallest absolute Gasteiger partial charge is 0.225 e. The molecule has 29 heavy (non-hydrogen) atoms. The van der Waals surface area contributed by atoms with Crippen LogP contribution in [-0.2, 0) is 6.42 Å². The second kappa shape index (κ2) is 8.61. The summed E-state index contributed by atoms with van der Waals surface area (Å²) in [7, 11) is 1.72. The molecule has 2 aliphatic heterocycles. The van der Waals surface area contributed by atoms with Gasteiger partial charge in [-0.3, -0.25) is 9.89 Å². The molecule has 0 radical (unpaired) electrons. The summed E-state index contributed by atoms with van der Waals surface area (Å²) in [6, 6.07) is 7.03. The van der Waals surface area contributed by atoms with E-state index in [0.29, 0.717) is 6.04 Å². The van der Waals surface area contributed by atoms with E-state index in [1.165, 1.54) is 17.3 Å². The number of allylic oxidation sites excluding steroid dienone is 1. The summed E-state index contributed by atoms with van der Waals surface area (Å²) in [5.74, 6) is 1.82. The Labute approximate surface area is 171 Å². The average Bonchev–Trinajstić information content (AvgIpc) is 3.25. The molecule has 152 valence electrons. The van der Waals surface area contributed by atoms with Crippen molar-refractivity contribution in [3.8, 4) is 5.75 Å². The van der Waals surface area contributed by atoms with Crippen molar-refractivity contribution in [1.29, 1.82) is 0 Å². The third-order valence-electron chi connectivity index (χ3n) is 5.77. The lowest BCUT2D eigenvalue weighted by molar-refractivity contribution is 0.197. The molecule has 1 aromatic carbocycles. The number of nitrogens with two attached hydrogens (primary N) is 1. The van der Waals surface area contributed by atoms with Gasteiger partial charge in [-0.1, -0.05) is 12.1 Å². The summed E-state index contributed by atoms with van der Waals surface area (Å²) in [4.78, 5) is 17.8. The Bertz CT molecular complexity index is 900. The Balaban J connectivity index is 1.38. The fourth-order valence-corrected chi connectivity index (χ4v) is 3.95. The average molecular weight is 393 g/mol. The number of fused-ring (bicyclic) bond motifs is 1. The number of piperazine rings is 1. The van der Waals surface area contributed by atoms with Gasteiger partial charge in [-0.2, -0.15) is 0 Å². The molecule has 0 spiro atoms. The van der Waals surface area contributed by atoms with Gasteiger partial charge in [0.25, 0.3) is 0 Å². The molecule has 1 fully saturated rings. The van der Waals surface area contributed by atoms with Crippen molar-refractivity contribution in [3.05, 3.63) is 53.5 Å². The summed E-state index contributed by atoms with van der Waals surface area (Å²) in [6.07, 6.45) is 7.87. The van der Waals surface area contributed by atoms with Gasteiger partial charge in [-0.25, -0.2) is 9.97 Å². The first-order chi connectivity index (χ1) is 14.2. The zero-order chi connectivity index (χ0) is 20.2. The SMILES string of the molecule is CN=CC(=CN)c1cnc(N2CCN(C(C)c3ccc4c(c3)OCC4)CC2)nc1. The first-order valence-corrected chi connectivity index (χ1v) is 10.1. The van der Waals surface area contributed by atoms with Crippen LogP contribution in [0.5, 0.6) is 5.75 Å². The second-order valence-corrected chi connectivity index (χ2v) is 7.45. The van der Waals surface area contributed by atoms with Crippen molar-refractivity contribution in [2.24, 2.45) is 10.7 Å². The first kappa shape index (κ1) is 19.4. The summed E-state index contributed by atoms with van der Waals surface area (Å²) in [5, 5.41) is 0. The van der Waals surface area contributed by atoms with Gasteiger partial charge in [0.2, 0.25) is 5.95 Å². The number of anilines is 1. The molecule has 4 rings (SSSR count). The zero-order valence-electron chi connectivity index (χ0n) is 17.1. The highest BCUT2D eigenvalue weighted by Crippen LogP contribution is 2.31. The summed E-state index contributed by atoms with van der Waals surface area (Å²) in [5.41, 5.74) is 9.99. The van der Waals surface area contributed by atoms with Crippen molar-refractivity contribution in [2.45, 2.75) is 19.4 Å². The first-order valence-electron chi connectivity index (χ1n) is 10.1. The number of nitrogens with zero attached hydrogens (tertiary/aromatic N) is 5. The van der Waals surface area contributed by atoms with Gasteiger partial charge in [-0.15, -0.1) is 0 Å². The fourth-order valence-electron chi connectivity index (χ4n) is 3.95. The maximum absolute atomic E-state index is 5.74. The van der Waals surface area contributed by atoms with Crippen LogP contribution in [0.2, 0.25) is 0 Å². The number of hydrogen-bond acceptors (Lipinski definition) is 7. The third kappa shape index (κ3) is 4.10. The molecule has 7 heteroatoms. The molecule has 1 atom stereocenters. The van der Waals surface area contributed by atoms with Crippen molar-refractivity contribution >= 4 is 17.7 Å². The van der Waals surface area contributed by atoms with Crippen LogP contribution in [0.4, 0.5) is 5.95 Å². The minimum absolute atomic E-state index is 0.362. The Kier molecular flexibility index (Phi) is 5.76. The number of aromatic nitrogens is 2. The fraction of sp³-hybridized carbons (Fsp3) is 0.409. The standard InChI is InChI=1S/C22H28N6O/c1-16(18-4-3-17-5-10-29-21(17)11-18)27-6-8-28(9-7-27)22-25-14-20(15-26-22)19(12-23)13-24-2/h3-4,11-16H,5-10,23H2,1-2H3. The van der Waals surface area contributed by atoms with Gasteiger partial charge in [0.1, 0.15) is 5.75 Å². The molecular weight excluding hydrogens is 364 g/mol. The van der Waals surface area contributed by atoms with Crippen LogP contribution < -0.4 is 15.4 Å². The Hall–Kier alpha value is -2.93. The van der Waals surface area contributed by atoms with Crippen LogP contribution in [0.15, 0.2) is 41.8 Å². The summed E-state index contributed by atoms with van der Waals surface area (Å²) < 4.78 is 5.74. The topological polar surface area (TPSA) is 79.9 Å². The predicted octanol–water partition coefficient (Wildman–Crippen LogP) is 2.29. The Morgan fingerprint density at radius 2 is 1.97 bits per heavy atom. The highest BCUT2D eigenvalue weighted by molar-refractivity contribution is 6.09. The van der Waals surface area contributed by atoms with E-state index in [9.17, 15) is 0 Å². The van der Waals surface area contributed by atoms with E-state index in [0.717, 1.165) is 62.0 Å². The monoisotopic (exact) mass is 392 g/mol. The number of benzene rings is 1. The third-order valence-corrected chi connectivity index (χ3v) is 5.77. The van der Waals surface area contributed by atoms with Crippen LogP contribution >= 0.6 is 0 Å². The van der Waals surface area contributed by atoms with Crippen LogP contribution in [0, 0.1) is 0 Å². The minimum Gasteiger partial charge on any atom is -0.493 e. The molecule has 2 aromatic rings. The number of ether oxygens (including phenoxy) is 1. The van der Waals surface area contributed by atoms with E-state index in [1.54, 1.807) is 13.3 Å². The molecule has 1 aromatic heterocycles. The van der Waals surface area contributed by atoms with Gasteiger partial charge < -0.3 is 15.4 Å². The Morgan fingerprint density at radius 1 is 1.21 bits per heavy atom. The predicted molar refractivity (Wildman–Crippen MR) is 116 cm³/mol. The molecular formula is C22H28N6O. The number of aliphatic imine (C=N–C) groups is 1. The summed E-state index contributed by atoms with van der Waals surface area (Å²) >= 11 is 0. The van der Waals surface area contributed by atoms with Gasteiger partial charge in [0, 0.05) is 81.6 Å². The van der Waals surface area contributed by atoms with E-state index in [4.69, 9.17) is 10.5 Å². The van der Waals surface area contributed by atoms with Crippen molar-refractivity contribution in [2.75, 3.05) is 44.7 Å². The van der Waals surface area contributed by atoms with Crippen LogP contribution in [0.3, 0.4) is 0 Å². The normalized spacial score (nSPS) is 18.7. The lowest BCUT2D eigenvalue weighted by Gasteiger charge is -2.38. The molecule has 3 heterocycles. The highest BCUT2D eigenvalue weighted by Gasteiger charge is 2.24. The van der Waals surface area contributed by atoms with Gasteiger partial charge in [0.05, 0.1) is 6.61 Å².